The molecular formula is C13H14N4O2. The summed E-state index contributed by atoms with van der Waals surface area (Å²) in [4.78, 5) is 18.9. The molecule has 0 aliphatic carbocycles. The third-order valence-corrected chi connectivity index (χ3v) is 2.65. The van der Waals surface area contributed by atoms with Crippen molar-refractivity contribution in [2.45, 2.75) is 13.5 Å². The van der Waals surface area contributed by atoms with E-state index in [9.17, 15) is 9.90 Å². The summed E-state index contributed by atoms with van der Waals surface area (Å²) in [7, 11) is 0. The molecule has 0 atom stereocenters. The predicted molar refractivity (Wildman–Crippen MR) is 70.7 cm³/mol. The lowest BCUT2D eigenvalue weighted by Gasteiger charge is -2.11. The summed E-state index contributed by atoms with van der Waals surface area (Å²) in [6.45, 7) is 1.96. The number of aryl methyl sites for hydroxylation is 1. The Morgan fingerprint density at radius 3 is 2.89 bits per heavy atom. The molecule has 6 heteroatoms. The molecule has 3 N–H and O–H groups in total. The highest BCUT2D eigenvalue weighted by atomic mass is 16.3. The van der Waals surface area contributed by atoms with Crippen LogP contribution in [0.2, 0.25) is 0 Å². The van der Waals surface area contributed by atoms with E-state index in [-0.39, 0.29) is 12.3 Å². The highest BCUT2D eigenvalue weighted by Crippen LogP contribution is 2.22. The monoisotopic (exact) mass is 258 g/mol. The van der Waals surface area contributed by atoms with Crippen molar-refractivity contribution in [2.24, 2.45) is 0 Å². The number of rotatable bonds is 5. The number of hydrazine groups is 1. The van der Waals surface area contributed by atoms with Crippen LogP contribution in [0.3, 0.4) is 0 Å². The number of aromatic nitrogens is 2. The Bertz CT molecular complexity index is 572. The van der Waals surface area contributed by atoms with Crippen molar-refractivity contribution in [3.05, 3.63) is 47.4 Å². The number of carbonyl (C=O) groups excluding carboxylic acids is 1. The first-order valence-corrected chi connectivity index (χ1v) is 5.75. The number of aromatic hydroxyl groups is 1. The number of hydrogen-bond acceptors (Lipinski definition) is 6. The van der Waals surface area contributed by atoms with Crippen molar-refractivity contribution in [3.8, 4) is 5.75 Å². The molecule has 19 heavy (non-hydrogen) atoms. The average molecular weight is 258 g/mol. The molecule has 98 valence electrons. The van der Waals surface area contributed by atoms with Gasteiger partial charge in [-0.3, -0.25) is 9.78 Å². The Kier molecular flexibility index (Phi) is 4.04. The molecule has 0 aliphatic heterocycles. The SMILES string of the molecule is Cc1ncc(C=O)c(CNNc2ccccn2)c1O. The second kappa shape index (κ2) is 5.92. The first-order chi connectivity index (χ1) is 9.22. The molecule has 0 saturated heterocycles. The molecule has 2 rings (SSSR count). The summed E-state index contributed by atoms with van der Waals surface area (Å²) < 4.78 is 0. The van der Waals surface area contributed by atoms with Crippen LogP contribution in [0.25, 0.3) is 0 Å². The van der Waals surface area contributed by atoms with Crippen LogP contribution in [0.5, 0.6) is 5.75 Å². The summed E-state index contributed by atoms with van der Waals surface area (Å²) in [5.74, 6) is 0.681. The van der Waals surface area contributed by atoms with Crippen molar-refractivity contribution in [2.75, 3.05) is 5.43 Å². The third-order valence-electron chi connectivity index (χ3n) is 2.65. The molecule has 2 aromatic heterocycles. The Labute approximate surface area is 110 Å². The molecule has 0 bridgehead atoms. The van der Waals surface area contributed by atoms with Crippen LogP contribution in [-0.4, -0.2) is 21.4 Å². The van der Waals surface area contributed by atoms with Crippen LogP contribution in [0.15, 0.2) is 30.6 Å². The quantitative estimate of drug-likeness (QED) is 0.555. The van der Waals surface area contributed by atoms with Crippen molar-refractivity contribution < 1.29 is 9.90 Å². The van der Waals surface area contributed by atoms with Gasteiger partial charge >= 0.3 is 0 Å². The van der Waals surface area contributed by atoms with Crippen LogP contribution in [-0.2, 0) is 6.54 Å². The van der Waals surface area contributed by atoms with Gasteiger partial charge in [0.1, 0.15) is 11.6 Å². The van der Waals surface area contributed by atoms with E-state index in [0.29, 0.717) is 28.9 Å². The number of carbonyl (C=O) groups is 1. The van der Waals surface area contributed by atoms with Gasteiger partial charge in [-0.25, -0.2) is 10.4 Å². The molecule has 0 spiro atoms. The number of anilines is 1. The van der Waals surface area contributed by atoms with Gasteiger partial charge in [0.05, 0.1) is 5.69 Å². The highest BCUT2D eigenvalue weighted by Gasteiger charge is 2.10. The number of nitrogens with one attached hydrogen (secondary N) is 2. The number of pyridine rings is 2. The molecule has 0 aromatic carbocycles. The van der Waals surface area contributed by atoms with Gasteiger partial charge in [-0.2, -0.15) is 0 Å². The largest absolute Gasteiger partial charge is 0.506 e. The fraction of sp³-hybridized carbons (Fsp3) is 0.154. The fourth-order valence-electron chi connectivity index (χ4n) is 1.61. The van der Waals surface area contributed by atoms with Crippen LogP contribution in [0.1, 0.15) is 21.6 Å². The van der Waals surface area contributed by atoms with E-state index >= 15 is 0 Å². The Hall–Kier alpha value is -2.47. The van der Waals surface area contributed by atoms with Gasteiger partial charge < -0.3 is 10.5 Å². The molecule has 6 nitrogen and oxygen atoms in total. The summed E-state index contributed by atoms with van der Waals surface area (Å²) in [5, 5.41) is 9.90. The maximum Gasteiger partial charge on any atom is 0.152 e. The summed E-state index contributed by atoms with van der Waals surface area (Å²) in [6.07, 6.45) is 3.78. The zero-order chi connectivity index (χ0) is 13.7. The minimum atomic E-state index is 0.0277. The van der Waals surface area contributed by atoms with Gasteiger partial charge in [0.15, 0.2) is 6.29 Å². The Morgan fingerprint density at radius 2 is 2.21 bits per heavy atom. The fourth-order valence-corrected chi connectivity index (χ4v) is 1.61. The Morgan fingerprint density at radius 1 is 1.37 bits per heavy atom. The van der Waals surface area contributed by atoms with Crippen molar-refractivity contribution in [1.82, 2.24) is 15.4 Å². The maximum atomic E-state index is 10.9. The van der Waals surface area contributed by atoms with Crippen LogP contribution < -0.4 is 10.9 Å². The van der Waals surface area contributed by atoms with Gasteiger partial charge in [-0.15, -0.1) is 0 Å². The number of nitrogens with zero attached hydrogens (tertiary/aromatic N) is 2. The summed E-state index contributed by atoms with van der Waals surface area (Å²) in [5.41, 5.74) is 7.14. The van der Waals surface area contributed by atoms with E-state index in [0.717, 1.165) is 0 Å². The second-order valence-electron chi connectivity index (χ2n) is 3.94. The van der Waals surface area contributed by atoms with Crippen molar-refractivity contribution in [1.29, 1.82) is 0 Å². The van der Waals surface area contributed by atoms with Crippen LogP contribution in [0, 0.1) is 6.92 Å². The van der Waals surface area contributed by atoms with Gasteiger partial charge in [-0.1, -0.05) is 6.07 Å². The first kappa shape index (κ1) is 13.0. The smallest absolute Gasteiger partial charge is 0.152 e. The zero-order valence-corrected chi connectivity index (χ0v) is 10.4. The molecular weight excluding hydrogens is 244 g/mol. The first-order valence-electron chi connectivity index (χ1n) is 5.75. The van der Waals surface area contributed by atoms with E-state index in [2.05, 4.69) is 20.8 Å². The lowest BCUT2D eigenvalue weighted by molar-refractivity contribution is 0.112. The molecule has 0 aliphatic rings. The summed E-state index contributed by atoms with van der Waals surface area (Å²) >= 11 is 0. The maximum absolute atomic E-state index is 10.9. The highest BCUT2D eigenvalue weighted by molar-refractivity contribution is 5.78. The standard InChI is InChI=1S/C13H14N4O2/c1-9-13(19)11(10(8-18)6-15-9)7-16-17-12-4-2-3-5-14-12/h2-6,8,16,19H,7H2,1H3,(H,14,17). The van der Waals surface area contributed by atoms with E-state index in [4.69, 9.17) is 0 Å². The predicted octanol–water partition coefficient (Wildman–Crippen LogP) is 1.42. The number of hydrogen-bond donors (Lipinski definition) is 3. The van der Waals surface area contributed by atoms with E-state index in [1.807, 2.05) is 12.1 Å². The average Bonchev–Trinajstić information content (AvgIpc) is 2.45. The minimum absolute atomic E-state index is 0.0277. The minimum Gasteiger partial charge on any atom is -0.506 e. The third kappa shape index (κ3) is 3.05. The van der Waals surface area contributed by atoms with Gasteiger partial charge in [0.25, 0.3) is 0 Å². The van der Waals surface area contributed by atoms with Crippen molar-refractivity contribution in [3.63, 3.8) is 0 Å². The van der Waals surface area contributed by atoms with E-state index < -0.39 is 0 Å². The molecule has 0 unspecified atom stereocenters. The number of aldehydes is 1. The van der Waals surface area contributed by atoms with Crippen molar-refractivity contribution >= 4 is 12.1 Å². The van der Waals surface area contributed by atoms with Gasteiger partial charge in [0, 0.05) is 30.1 Å². The topological polar surface area (TPSA) is 87.1 Å². The summed E-state index contributed by atoms with van der Waals surface area (Å²) in [6, 6.07) is 5.46. The van der Waals surface area contributed by atoms with Crippen LogP contribution >= 0.6 is 0 Å². The lowest BCUT2D eigenvalue weighted by atomic mass is 10.1. The van der Waals surface area contributed by atoms with E-state index in [1.54, 1.807) is 19.2 Å². The van der Waals surface area contributed by atoms with E-state index in [1.165, 1.54) is 6.20 Å². The Balaban J connectivity index is 2.07. The molecule has 0 fully saturated rings. The van der Waals surface area contributed by atoms with Gasteiger partial charge in [-0.05, 0) is 19.1 Å². The molecule has 2 aromatic rings. The normalized spacial score (nSPS) is 10.2. The zero-order valence-electron chi connectivity index (χ0n) is 10.4. The molecule has 2 heterocycles. The van der Waals surface area contributed by atoms with Gasteiger partial charge in [0.2, 0.25) is 0 Å². The molecule has 0 amide bonds. The molecule has 0 saturated carbocycles. The lowest BCUT2D eigenvalue weighted by Crippen LogP contribution is -2.22. The molecule has 0 radical (unpaired) electrons. The second-order valence-corrected chi connectivity index (χ2v) is 3.94. The van der Waals surface area contributed by atoms with Crippen LogP contribution in [0.4, 0.5) is 5.82 Å².